The van der Waals surface area contributed by atoms with Crippen LogP contribution in [0.1, 0.15) is 5.56 Å². The summed E-state index contributed by atoms with van der Waals surface area (Å²) in [5, 5.41) is 6.82. The molecule has 0 bridgehead atoms. The predicted octanol–water partition coefficient (Wildman–Crippen LogP) is 2.40. The number of methoxy groups -OCH3 is 1. The Morgan fingerprint density at radius 1 is 1.31 bits per heavy atom. The van der Waals surface area contributed by atoms with E-state index < -0.39 is 9.84 Å². The van der Waals surface area contributed by atoms with Gasteiger partial charge in [0.1, 0.15) is 20.3 Å². The van der Waals surface area contributed by atoms with Gasteiger partial charge in [-0.2, -0.15) is 0 Å². The maximum Gasteiger partial charge on any atom is 0.266 e. The molecule has 3 aromatic rings. The minimum Gasteiger partial charge on any atom is -0.496 e. The monoisotopic (exact) mass is 392 g/mol. The molecule has 0 aliphatic carbocycles. The van der Waals surface area contributed by atoms with Gasteiger partial charge in [-0.3, -0.25) is 4.79 Å². The van der Waals surface area contributed by atoms with Gasteiger partial charge in [-0.15, -0.1) is 11.3 Å². The highest BCUT2D eigenvalue weighted by atomic mass is 32.2. The normalized spacial score (nSPS) is 12.4. The summed E-state index contributed by atoms with van der Waals surface area (Å²) in [5.41, 5.74) is 1.55. The Hall–Kier alpha value is -2.16. The molecule has 0 radical (unpaired) electrons. The van der Waals surface area contributed by atoms with Crippen molar-refractivity contribution in [2.45, 2.75) is 0 Å². The summed E-state index contributed by atoms with van der Waals surface area (Å²) in [5.74, 6) is 0.819. The summed E-state index contributed by atoms with van der Waals surface area (Å²) in [4.78, 5) is 15.1. The molecule has 0 spiro atoms. The number of nitrogens with one attached hydrogen (secondary N) is 2. The molecule has 1 aromatic carbocycles. The lowest BCUT2D eigenvalue weighted by Crippen LogP contribution is -2.22. The Kier molecular flexibility index (Phi) is 5.45. The van der Waals surface area contributed by atoms with Crippen LogP contribution in [0.5, 0.6) is 5.75 Å². The zero-order valence-electron chi connectivity index (χ0n) is 14.5. The van der Waals surface area contributed by atoms with Crippen LogP contribution in [0.15, 0.2) is 34.4 Å². The average molecular weight is 393 g/mol. The molecule has 0 unspecified atom stereocenters. The zero-order valence-corrected chi connectivity index (χ0v) is 16.2. The molecule has 0 aliphatic rings. The first kappa shape index (κ1) is 18.6. The van der Waals surface area contributed by atoms with Crippen LogP contribution in [0.4, 0.5) is 0 Å². The lowest BCUT2D eigenvalue weighted by Gasteiger charge is -2.10. The Bertz CT molecular complexity index is 1130. The van der Waals surface area contributed by atoms with Crippen molar-refractivity contribution in [1.82, 2.24) is 10.3 Å². The van der Waals surface area contributed by atoms with Gasteiger partial charge in [0, 0.05) is 41.2 Å². The molecule has 8 heteroatoms. The van der Waals surface area contributed by atoms with Crippen molar-refractivity contribution < 1.29 is 13.2 Å². The maximum absolute atomic E-state index is 12.2. The van der Waals surface area contributed by atoms with E-state index in [2.05, 4.69) is 10.3 Å². The lowest BCUT2D eigenvalue weighted by molar-refractivity contribution is 0.414. The molecule has 0 aliphatic heterocycles. The maximum atomic E-state index is 12.2. The van der Waals surface area contributed by atoms with E-state index in [4.69, 9.17) is 4.74 Å². The lowest BCUT2D eigenvalue weighted by atomic mass is 10.0. The molecule has 0 fully saturated rings. The molecule has 0 saturated heterocycles. The van der Waals surface area contributed by atoms with Crippen molar-refractivity contribution in [2.24, 2.45) is 0 Å². The molecule has 138 valence electrons. The molecule has 0 saturated carbocycles. The van der Waals surface area contributed by atoms with E-state index >= 15 is 0 Å². The number of rotatable bonds is 7. The first-order valence-corrected chi connectivity index (χ1v) is 11.0. The number of aromatic amines is 1. The molecule has 0 amide bonds. The largest absolute Gasteiger partial charge is 0.496 e. The predicted molar refractivity (Wildman–Crippen MR) is 108 cm³/mol. The molecule has 3 rings (SSSR count). The molecule has 6 nitrogen and oxygen atoms in total. The van der Waals surface area contributed by atoms with Gasteiger partial charge in [0.25, 0.3) is 5.56 Å². The van der Waals surface area contributed by atoms with Gasteiger partial charge in [0.05, 0.1) is 12.9 Å². The molecule has 2 aromatic heterocycles. The second kappa shape index (κ2) is 7.61. The fourth-order valence-electron chi connectivity index (χ4n) is 2.82. The van der Waals surface area contributed by atoms with Crippen LogP contribution in [0.2, 0.25) is 0 Å². The molecule has 0 atom stereocenters. The van der Waals surface area contributed by atoms with Gasteiger partial charge in [0.2, 0.25) is 0 Å². The Balaban J connectivity index is 1.95. The van der Waals surface area contributed by atoms with E-state index in [0.29, 0.717) is 23.5 Å². The van der Waals surface area contributed by atoms with E-state index in [1.807, 2.05) is 35.7 Å². The fraction of sp³-hybridized carbons (Fsp3) is 0.278. The summed E-state index contributed by atoms with van der Waals surface area (Å²) in [6, 6.07) is 5.61. The van der Waals surface area contributed by atoms with E-state index in [1.165, 1.54) is 17.6 Å². The molecule has 2 heterocycles. The Labute approximate surface area is 155 Å². The van der Waals surface area contributed by atoms with Crippen molar-refractivity contribution in [3.63, 3.8) is 0 Å². The van der Waals surface area contributed by atoms with Gasteiger partial charge < -0.3 is 15.0 Å². The highest BCUT2D eigenvalue weighted by molar-refractivity contribution is 7.90. The van der Waals surface area contributed by atoms with Crippen LogP contribution in [0.25, 0.3) is 27.1 Å². The summed E-state index contributed by atoms with van der Waals surface area (Å²) < 4.78 is 28.5. The van der Waals surface area contributed by atoms with Crippen molar-refractivity contribution >= 4 is 48.2 Å². The van der Waals surface area contributed by atoms with Gasteiger partial charge in [0.15, 0.2) is 0 Å². The number of benzene rings is 1. The van der Waals surface area contributed by atoms with Crippen molar-refractivity contribution in [3.05, 3.63) is 45.6 Å². The zero-order chi connectivity index (χ0) is 18.7. The first-order valence-electron chi connectivity index (χ1n) is 8.06. The highest BCUT2D eigenvalue weighted by Crippen LogP contribution is 2.33. The third-order valence-electron chi connectivity index (χ3n) is 4.01. The molecule has 26 heavy (non-hydrogen) atoms. The number of fused-ring (bicyclic) bond motifs is 3. The highest BCUT2D eigenvalue weighted by Gasteiger charge is 2.12. The van der Waals surface area contributed by atoms with Gasteiger partial charge >= 0.3 is 0 Å². The number of sulfone groups is 1. The van der Waals surface area contributed by atoms with E-state index in [-0.39, 0.29) is 11.3 Å². The minimum atomic E-state index is -2.96. The van der Waals surface area contributed by atoms with Gasteiger partial charge in [-0.05, 0) is 23.6 Å². The number of ether oxygens (including phenoxy) is 1. The van der Waals surface area contributed by atoms with E-state index in [9.17, 15) is 13.2 Å². The smallest absolute Gasteiger partial charge is 0.266 e. The second-order valence-corrected chi connectivity index (χ2v) is 9.13. The van der Waals surface area contributed by atoms with Crippen LogP contribution in [0.3, 0.4) is 0 Å². The van der Waals surface area contributed by atoms with Crippen LogP contribution in [0, 0.1) is 0 Å². The number of hydrogen-bond donors (Lipinski definition) is 2. The van der Waals surface area contributed by atoms with Crippen LogP contribution < -0.4 is 15.6 Å². The Morgan fingerprint density at radius 3 is 2.85 bits per heavy atom. The van der Waals surface area contributed by atoms with Gasteiger partial charge in [-0.25, -0.2) is 8.42 Å². The van der Waals surface area contributed by atoms with E-state index in [1.54, 1.807) is 7.11 Å². The molecule has 2 N–H and O–H groups in total. The summed E-state index contributed by atoms with van der Waals surface area (Å²) in [6.45, 7) is 0.934. The minimum absolute atomic E-state index is 0.0926. The SMILES string of the molecule is COc1ccc2[nH]c(=O)c3sccc3c2c1C=CCNCCS(C)(=O)=O. The molecular weight excluding hydrogens is 372 g/mol. The number of pyridine rings is 1. The topological polar surface area (TPSA) is 88.3 Å². The van der Waals surface area contributed by atoms with Crippen molar-refractivity contribution in [2.75, 3.05) is 32.2 Å². The van der Waals surface area contributed by atoms with Crippen LogP contribution in [-0.4, -0.2) is 45.6 Å². The molecular formula is C18H20N2O4S2. The van der Waals surface area contributed by atoms with Crippen LogP contribution >= 0.6 is 11.3 Å². The third kappa shape index (κ3) is 3.98. The number of aromatic nitrogens is 1. The quantitative estimate of drug-likeness (QED) is 0.603. The number of hydrogen-bond acceptors (Lipinski definition) is 6. The van der Waals surface area contributed by atoms with Crippen molar-refractivity contribution in [1.29, 1.82) is 0 Å². The van der Waals surface area contributed by atoms with Crippen molar-refractivity contribution in [3.8, 4) is 5.75 Å². The summed E-state index contributed by atoms with van der Waals surface area (Å²) >= 11 is 1.41. The first-order chi connectivity index (χ1) is 12.4. The van der Waals surface area contributed by atoms with Crippen LogP contribution in [-0.2, 0) is 9.84 Å². The summed E-state index contributed by atoms with van der Waals surface area (Å²) in [6.07, 6.45) is 5.07. The average Bonchev–Trinajstić information content (AvgIpc) is 3.07. The summed E-state index contributed by atoms with van der Waals surface area (Å²) in [7, 11) is -1.35. The Morgan fingerprint density at radius 2 is 2.12 bits per heavy atom. The van der Waals surface area contributed by atoms with E-state index in [0.717, 1.165) is 21.9 Å². The number of thiophene rings is 1. The fourth-order valence-corrected chi connectivity index (χ4v) is 4.13. The second-order valence-electron chi connectivity index (χ2n) is 5.96. The standard InChI is InChI=1S/C18H20N2O4S2/c1-24-15-6-5-14-16(13-7-10-25-17(13)18(21)20-14)12(15)4-3-8-19-9-11-26(2,22)23/h3-7,10,19H,8-9,11H2,1-2H3,(H,20,21). The van der Waals surface area contributed by atoms with Gasteiger partial charge in [-0.1, -0.05) is 12.2 Å². The number of H-pyrrole nitrogens is 1. The third-order valence-corrected chi connectivity index (χ3v) is 5.87.